The van der Waals surface area contributed by atoms with Crippen molar-refractivity contribution >= 4 is 23.4 Å². The van der Waals surface area contributed by atoms with Crippen molar-refractivity contribution in [3.8, 4) is 0 Å². The Morgan fingerprint density at radius 3 is 2.20 bits per heavy atom. The Morgan fingerprint density at radius 2 is 1.75 bits per heavy atom. The van der Waals surface area contributed by atoms with Gasteiger partial charge < -0.3 is 10.2 Å². The maximum Gasteiger partial charge on any atom is 0.191 e. The predicted octanol–water partition coefficient (Wildman–Crippen LogP) is 3.75. The van der Waals surface area contributed by atoms with Gasteiger partial charge in [0.05, 0.1) is 0 Å². The molecule has 0 aliphatic carbocycles. The van der Waals surface area contributed by atoms with E-state index in [2.05, 4.69) is 60.9 Å². The molecule has 0 aromatic carbocycles. The molecule has 1 rings (SSSR count). The van der Waals surface area contributed by atoms with E-state index in [-0.39, 0.29) is 0 Å². The van der Waals surface area contributed by atoms with E-state index in [9.17, 15) is 0 Å². The van der Waals surface area contributed by atoms with Crippen LogP contribution in [0.1, 0.15) is 34.6 Å². The number of hydrogen-bond donors (Lipinski definition) is 1. The molecular formula is C15H28N4S. The topological polar surface area (TPSA) is 41.0 Å². The Bertz CT molecular complexity index is 397. The lowest BCUT2D eigenvalue weighted by atomic mass is 10.1. The van der Waals surface area contributed by atoms with Crippen molar-refractivity contribution in [2.75, 3.05) is 36.1 Å². The normalized spacial score (nSPS) is 11.2. The van der Waals surface area contributed by atoms with E-state index < -0.39 is 0 Å². The Hall–Kier alpha value is -0.970. The van der Waals surface area contributed by atoms with Crippen molar-refractivity contribution in [2.24, 2.45) is 11.8 Å². The molecule has 0 atom stereocenters. The summed E-state index contributed by atoms with van der Waals surface area (Å²) >= 11 is 1.59. The summed E-state index contributed by atoms with van der Waals surface area (Å²) in [4.78, 5) is 11.5. The molecule has 0 saturated heterocycles. The van der Waals surface area contributed by atoms with Crippen molar-refractivity contribution in [1.82, 2.24) is 9.97 Å². The van der Waals surface area contributed by atoms with E-state index in [1.807, 2.05) is 6.26 Å². The van der Waals surface area contributed by atoms with Crippen LogP contribution in [0, 0.1) is 11.8 Å². The molecule has 0 fully saturated rings. The first-order valence-corrected chi connectivity index (χ1v) is 8.60. The van der Waals surface area contributed by atoms with Crippen LogP contribution < -0.4 is 10.2 Å². The second-order valence-electron chi connectivity index (χ2n) is 5.82. The maximum atomic E-state index is 4.68. The van der Waals surface area contributed by atoms with Gasteiger partial charge in [-0.25, -0.2) is 9.97 Å². The second kappa shape index (κ2) is 8.35. The Kier molecular flexibility index (Phi) is 7.13. The number of hydrogen-bond acceptors (Lipinski definition) is 5. The van der Waals surface area contributed by atoms with Gasteiger partial charge in [-0.2, -0.15) is 0 Å². The molecule has 114 valence electrons. The Balaban J connectivity index is 3.06. The zero-order valence-electron chi connectivity index (χ0n) is 13.6. The van der Waals surface area contributed by atoms with Crippen LogP contribution in [-0.4, -0.2) is 35.9 Å². The van der Waals surface area contributed by atoms with E-state index in [0.29, 0.717) is 11.8 Å². The van der Waals surface area contributed by atoms with Crippen molar-refractivity contribution in [2.45, 2.75) is 39.8 Å². The van der Waals surface area contributed by atoms with Crippen molar-refractivity contribution in [3.63, 3.8) is 0 Å². The van der Waals surface area contributed by atoms with Crippen LogP contribution in [0.15, 0.2) is 11.2 Å². The van der Waals surface area contributed by atoms with Gasteiger partial charge in [-0.15, -0.1) is 0 Å². The lowest BCUT2D eigenvalue weighted by molar-refractivity contribution is 0.547. The van der Waals surface area contributed by atoms with Crippen LogP contribution in [-0.2, 0) is 0 Å². The quantitative estimate of drug-likeness (QED) is 0.584. The fourth-order valence-corrected chi connectivity index (χ4v) is 2.46. The molecular weight excluding hydrogens is 268 g/mol. The maximum absolute atomic E-state index is 4.68. The van der Waals surface area contributed by atoms with Gasteiger partial charge in [0.25, 0.3) is 0 Å². The minimum absolute atomic E-state index is 0.615. The number of nitrogens with zero attached hydrogens (tertiary/aromatic N) is 3. The molecule has 0 aliphatic rings. The molecule has 1 N–H and O–H groups in total. The molecule has 20 heavy (non-hydrogen) atoms. The van der Waals surface area contributed by atoms with Crippen molar-refractivity contribution in [1.29, 1.82) is 0 Å². The van der Waals surface area contributed by atoms with E-state index >= 15 is 0 Å². The van der Waals surface area contributed by atoms with E-state index in [1.54, 1.807) is 11.8 Å². The summed E-state index contributed by atoms with van der Waals surface area (Å²) in [5.41, 5.74) is 0. The predicted molar refractivity (Wildman–Crippen MR) is 89.9 cm³/mol. The third kappa shape index (κ3) is 5.57. The fraction of sp³-hybridized carbons (Fsp3) is 0.733. The third-order valence-corrected chi connectivity index (χ3v) is 3.28. The first kappa shape index (κ1) is 17.1. The molecule has 4 nitrogen and oxygen atoms in total. The summed E-state index contributed by atoms with van der Waals surface area (Å²) in [6.07, 6.45) is 2.02. The summed E-state index contributed by atoms with van der Waals surface area (Å²) < 4.78 is 0. The van der Waals surface area contributed by atoms with E-state index in [1.165, 1.54) is 0 Å². The summed E-state index contributed by atoms with van der Waals surface area (Å²) in [7, 11) is 0. The highest BCUT2D eigenvalue weighted by Crippen LogP contribution is 2.22. The van der Waals surface area contributed by atoms with Gasteiger partial charge in [-0.05, 0) is 25.0 Å². The van der Waals surface area contributed by atoms with E-state index in [0.717, 1.165) is 36.4 Å². The minimum atomic E-state index is 0.615. The lowest BCUT2D eigenvalue weighted by Gasteiger charge is -2.28. The fourth-order valence-electron chi connectivity index (χ4n) is 2.08. The monoisotopic (exact) mass is 296 g/mol. The van der Waals surface area contributed by atoms with Crippen LogP contribution in [0.3, 0.4) is 0 Å². The average molecular weight is 296 g/mol. The largest absolute Gasteiger partial charge is 0.370 e. The third-order valence-electron chi connectivity index (χ3n) is 2.73. The molecule has 0 spiro atoms. The van der Waals surface area contributed by atoms with E-state index in [4.69, 9.17) is 0 Å². The highest BCUT2D eigenvalue weighted by molar-refractivity contribution is 7.98. The average Bonchev–Trinajstić information content (AvgIpc) is 2.37. The molecule has 1 heterocycles. The first-order valence-electron chi connectivity index (χ1n) is 7.38. The Morgan fingerprint density at radius 1 is 1.15 bits per heavy atom. The zero-order valence-corrected chi connectivity index (χ0v) is 14.4. The zero-order chi connectivity index (χ0) is 15.1. The second-order valence-corrected chi connectivity index (χ2v) is 6.59. The summed E-state index contributed by atoms with van der Waals surface area (Å²) in [6, 6.07) is 2.06. The minimum Gasteiger partial charge on any atom is -0.370 e. The number of rotatable bonds is 8. The van der Waals surface area contributed by atoms with Crippen molar-refractivity contribution in [3.05, 3.63) is 6.07 Å². The van der Waals surface area contributed by atoms with Crippen LogP contribution in [0.4, 0.5) is 11.6 Å². The standard InChI is InChI=1S/C15H28N4S/c1-7-16-13-8-14(18-15(17-13)20-6)19(9-11(2)3)10-12(4)5/h8,11-12H,7,9-10H2,1-6H3,(H,16,17,18). The van der Waals surface area contributed by atoms with Gasteiger partial charge in [-0.3, -0.25) is 0 Å². The first-order chi connectivity index (χ1) is 9.46. The van der Waals surface area contributed by atoms with Crippen LogP contribution in [0.2, 0.25) is 0 Å². The van der Waals surface area contributed by atoms with Crippen LogP contribution in [0.25, 0.3) is 0 Å². The summed E-state index contributed by atoms with van der Waals surface area (Å²) in [6.45, 7) is 14.0. The molecule has 0 saturated carbocycles. The van der Waals surface area contributed by atoms with Crippen LogP contribution in [0.5, 0.6) is 0 Å². The molecule has 1 aromatic rings. The molecule has 1 aromatic heterocycles. The van der Waals surface area contributed by atoms with Gasteiger partial charge >= 0.3 is 0 Å². The lowest BCUT2D eigenvalue weighted by Crippen LogP contribution is -2.32. The van der Waals surface area contributed by atoms with Gasteiger partial charge in [0.1, 0.15) is 11.6 Å². The van der Waals surface area contributed by atoms with Gasteiger partial charge in [0.15, 0.2) is 5.16 Å². The molecule has 0 unspecified atom stereocenters. The summed E-state index contributed by atoms with van der Waals surface area (Å²) in [5.74, 6) is 3.18. The number of nitrogens with one attached hydrogen (secondary N) is 1. The molecule has 0 bridgehead atoms. The highest BCUT2D eigenvalue weighted by Gasteiger charge is 2.14. The number of anilines is 2. The number of thioether (sulfide) groups is 1. The Labute approximate surface area is 127 Å². The SMILES string of the molecule is CCNc1cc(N(CC(C)C)CC(C)C)nc(SC)n1. The number of aromatic nitrogens is 2. The van der Waals surface area contributed by atoms with Gasteiger partial charge in [-0.1, -0.05) is 39.5 Å². The van der Waals surface area contributed by atoms with Gasteiger partial charge in [0.2, 0.25) is 0 Å². The van der Waals surface area contributed by atoms with Crippen molar-refractivity contribution < 1.29 is 0 Å². The van der Waals surface area contributed by atoms with Crippen LogP contribution >= 0.6 is 11.8 Å². The molecule has 5 heteroatoms. The smallest absolute Gasteiger partial charge is 0.191 e. The molecule has 0 radical (unpaired) electrons. The highest BCUT2D eigenvalue weighted by atomic mass is 32.2. The molecule has 0 amide bonds. The summed E-state index contributed by atoms with van der Waals surface area (Å²) in [5, 5.41) is 4.12. The van der Waals surface area contributed by atoms with Gasteiger partial charge in [0, 0.05) is 25.7 Å². The molecule has 0 aliphatic heterocycles.